The van der Waals surface area contributed by atoms with Gasteiger partial charge in [-0.3, -0.25) is 19.7 Å². The lowest BCUT2D eigenvalue weighted by atomic mass is 10.2. The van der Waals surface area contributed by atoms with E-state index >= 15 is 0 Å². The summed E-state index contributed by atoms with van der Waals surface area (Å²) in [6.45, 7) is 1.28. The van der Waals surface area contributed by atoms with Gasteiger partial charge in [0.15, 0.2) is 0 Å². The van der Waals surface area contributed by atoms with Gasteiger partial charge in [0.05, 0.1) is 6.42 Å². The number of hydrogen-bond acceptors (Lipinski definition) is 3. The summed E-state index contributed by atoms with van der Waals surface area (Å²) in [5.41, 5.74) is 0.282. The molecule has 0 aliphatic carbocycles. The Morgan fingerprint density at radius 1 is 1.31 bits per heavy atom. The minimum absolute atomic E-state index is 0.282. The molecule has 0 aliphatic rings. The molecule has 84 valence electrons. The first-order chi connectivity index (χ1) is 7.49. The van der Waals surface area contributed by atoms with Crippen LogP contribution in [0.25, 0.3) is 0 Å². The topological polar surface area (TPSA) is 63.2 Å². The first-order valence-electron chi connectivity index (χ1n) is 4.58. The van der Waals surface area contributed by atoms with Crippen LogP contribution < -0.4 is 5.32 Å². The van der Waals surface area contributed by atoms with Crippen molar-refractivity contribution in [3.63, 3.8) is 0 Å². The molecule has 0 saturated heterocycles. The number of nitrogens with one attached hydrogen (secondary N) is 1. The van der Waals surface area contributed by atoms with Gasteiger partial charge in [-0.15, -0.1) is 0 Å². The minimum Gasteiger partial charge on any atom is -0.299 e. The minimum atomic E-state index is -0.613. The number of halogens is 1. The maximum atomic E-state index is 11.5. The molecule has 0 radical (unpaired) electrons. The van der Waals surface area contributed by atoms with Gasteiger partial charge >= 0.3 is 0 Å². The maximum absolute atomic E-state index is 11.5. The smallest absolute Gasteiger partial charge is 0.257 e. The number of ketones is 1. The van der Waals surface area contributed by atoms with Crippen LogP contribution in [0, 0.1) is 0 Å². The normalized spacial score (nSPS) is 9.62. The third kappa shape index (κ3) is 3.82. The summed E-state index contributed by atoms with van der Waals surface area (Å²) in [6.07, 6.45) is -0.299. The van der Waals surface area contributed by atoms with Crippen molar-refractivity contribution >= 4 is 29.2 Å². The van der Waals surface area contributed by atoms with Crippen molar-refractivity contribution in [1.29, 1.82) is 0 Å². The molecule has 0 aliphatic heterocycles. The molecule has 1 aromatic rings. The molecule has 0 heterocycles. The van der Waals surface area contributed by atoms with Crippen LogP contribution in [0.5, 0.6) is 0 Å². The standard InChI is InChI=1S/C11H10ClNO3/c1-7(14)5-10(15)13-11(16)8-3-2-4-9(12)6-8/h2-4,6H,5H2,1H3,(H,13,15,16). The van der Waals surface area contributed by atoms with E-state index in [1.165, 1.54) is 19.1 Å². The number of rotatable bonds is 3. The van der Waals surface area contributed by atoms with Gasteiger partial charge in [-0.05, 0) is 25.1 Å². The zero-order valence-corrected chi connectivity index (χ0v) is 9.38. The fraction of sp³-hybridized carbons (Fsp3) is 0.182. The second kappa shape index (κ2) is 5.42. The van der Waals surface area contributed by atoms with Crippen LogP contribution >= 0.6 is 11.6 Å². The molecule has 0 atom stereocenters. The van der Waals surface area contributed by atoms with Crippen molar-refractivity contribution in [3.05, 3.63) is 34.9 Å². The van der Waals surface area contributed by atoms with E-state index in [2.05, 4.69) is 5.32 Å². The summed E-state index contributed by atoms with van der Waals surface area (Å²) in [5, 5.41) is 2.51. The Morgan fingerprint density at radius 2 is 2.00 bits per heavy atom. The fourth-order valence-electron chi connectivity index (χ4n) is 1.10. The van der Waals surface area contributed by atoms with Gasteiger partial charge in [0.25, 0.3) is 5.91 Å². The van der Waals surface area contributed by atoms with Gasteiger partial charge in [-0.2, -0.15) is 0 Å². The molecule has 1 aromatic carbocycles. The zero-order chi connectivity index (χ0) is 12.1. The predicted molar refractivity (Wildman–Crippen MR) is 59.2 cm³/mol. The second-order valence-electron chi connectivity index (χ2n) is 3.27. The fourth-order valence-corrected chi connectivity index (χ4v) is 1.29. The Bertz CT molecular complexity index is 443. The lowest BCUT2D eigenvalue weighted by molar-refractivity contribution is -0.126. The Balaban J connectivity index is 2.66. The number of carbonyl (C=O) groups is 3. The van der Waals surface area contributed by atoms with Crippen LogP contribution in [0.4, 0.5) is 0 Å². The van der Waals surface area contributed by atoms with Crippen molar-refractivity contribution in [1.82, 2.24) is 5.32 Å². The van der Waals surface area contributed by atoms with Crippen molar-refractivity contribution in [3.8, 4) is 0 Å². The molecule has 0 fully saturated rings. The molecule has 0 spiro atoms. The highest BCUT2D eigenvalue weighted by atomic mass is 35.5. The number of hydrogen-bond donors (Lipinski definition) is 1. The van der Waals surface area contributed by atoms with Crippen LogP contribution in [0.1, 0.15) is 23.7 Å². The third-order valence-corrected chi connectivity index (χ3v) is 1.98. The quantitative estimate of drug-likeness (QED) is 0.815. The van der Waals surface area contributed by atoms with Crippen molar-refractivity contribution < 1.29 is 14.4 Å². The van der Waals surface area contributed by atoms with Gasteiger partial charge < -0.3 is 0 Å². The highest BCUT2D eigenvalue weighted by Gasteiger charge is 2.11. The van der Waals surface area contributed by atoms with Crippen molar-refractivity contribution in [2.45, 2.75) is 13.3 Å². The monoisotopic (exact) mass is 239 g/mol. The summed E-state index contributed by atoms with van der Waals surface area (Å²) in [7, 11) is 0. The second-order valence-corrected chi connectivity index (χ2v) is 3.70. The molecule has 0 bridgehead atoms. The summed E-state index contributed by atoms with van der Waals surface area (Å²) in [5.74, 6) is -1.47. The molecule has 16 heavy (non-hydrogen) atoms. The molecule has 0 saturated carbocycles. The molecule has 0 aromatic heterocycles. The highest BCUT2D eigenvalue weighted by molar-refractivity contribution is 6.31. The molecule has 1 rings (SSSR count). The molecule has 5 heteroatoms. The molecule has 4 nitrogen and oxygen atoms in total. The lowest BCUT2D eigenvalue weighted by Gasteiger charge is -2.02. The van der Waals surface area contributed by atoms with Crippen molar-refractivity contribution in [2.24, 2.45) is 0 Å². The van der Waals surface area contributed by atoms with Crippen LogP contribution in [-0.2, 0) is 9.59 Å². The average molecular weight is 240 g/mol. The van der Waals surface area contributed by atoms with E-state index in [0.29, 0.717) is 5.02 Å². The van der Waals surface area contributed by atoms with E-state index < -0.39 is 11.8 Å². The predicted octanol–water partition coefficient (Wildman–Crippen LogP) is 1.58. The van der Waals surface area contributed by atoms with Crippen LogP contribution in [-0.4, -0.2) is 17.6 Å². The third-order valence-electron chi connectivity index (χ3n) is 1.75. The molecule has 0 unspecified atom stereocenters. The summed E-state index contributed by atoms with van der Waals surface area (Å²) in [6, 6.07) is 6.20. The Labute approximate surface area is 97.6 Å². The Kier molecular flexibility index (Phi) is 4.19. The zero-order valence-electron chi connectivity index (χ0n) is 8.62. The SMILES string of the molecule is CC(=O)CC(=O)NC(=O)c1cccc(Cl)c1. The van der Waals surface area contributed by atoms with Gasteiger partial charge in [-0.1, -0.05) is 17.7 Å². The highest BCUT2D eigenvalue weighted by Crippen LogP contribution is 2.10. The van der Waals surface area contributed by atoms with E-state index in [9.17, 15) is 14.4 Å². The number of Topliss-reactive ketones (excluding diaryl/α,β-unsaturated/α-hetero) is 1. The van der Waals surface area contributed by atoms with E-state index in [1.807, 2.05) is 0 Å². The van der Waals surface area contributed by atoms with E-state index in [-0.39, 0.29) is 17.8 Å². The summed E-state index contributed by atoms with van der Waals surface area (Å²) in [4.78, 5) is 33.3. The van der Waals surface area contributed by atoms with Crippen LogP contribution in [0.2, 0.25) is 5.02 Å². The first kappa shape index (κ1) is 12.4. The lowest BCUT2D eigenvalue weighted by Crippen LogP contribution is -2.31. The van der Waals surface area contributed by atoms with Crippen LogP contribution in [0.3, 0.4) is 0 Å². The largest absolute Gasteiger partial charge is 0.299 e. The average Bonchev–Trinajstić information content (AvgIpc) is 2.16. The van der Waals surface area contributed by atoms with Gasteiger partial charge in [-0.25, -0.2) is 0 Å². The van der Waals surface area contributed by atoms with E-state index in [0.717, 1.165) is 0 Å². The van der Waals surface area contributed by atoms with E-state index in [4.69, 9.17) is 11.6 Å². The summed E-state index contributed by atoms with van der Waals surface area (Å²) < 4.78 is 0. The summed E-state index contributed by atoms with van der Waals surface area (Å²) >= 11 is 5.69. The van der Waals surface area contributed by atoms with Gasteiger partial charge in [0.1, 0.15) is 5.78 Å². The van der Waals surface area contributed by atoms with Crippen molar-refractivity contribution in [2.75, 3.05) is 0 Å². The van der Waals surface area contributed by atoms with Crippen LogP contribution in [0.15, 0.2) is 24.3 Å². The number of benzene rings is 1. The van der Waals surface area contributed by atoms with Gasteiger partial charge in [0.2, 0.25) is 5.91 Å². The number of carbonyl (C=O) groups excluding carboxylic acids is 3. The molecule has 2 amide bonds. The molecule has 1 N–H and O–H groups in total. The van der Waals surface area contributed by atoms with Gasteiger partial charge in [0, 0.05) is 10.6 Å². The maximum Gasteiger partial charge on any atom is 0.257 e. The Morgan fingerprint density at radius 3 is 2.56 bits per heavy atom. The first-order valence-corrected chi connectivity index (χ1v) is 4.96. The molecular formula is C11H10ClNO3. The Hall–Kier alpha value is -1.68. The van der Waals surface area contributed by atoms with E-state index in [1.54, 1.807) is 12.1 Å². The number of amides is 2. The molecular weight excluding hydrogens is 230 g/mol. The number of imide groups is 1.